The largest absolute Gasteiger partial charge is 0.345 e. The zero-order valence-corrected chi connectivity index (χ0v) is 14.4. The van der Waals surface area contributed by atoms with Gasteiger partial charge in [-0.05, 0) is 12.1 Å². The molecule has 3 heterocycles. The number of benzene rings is 1. The summed E-state index contributed by atoms with van der Waals surface area (Å²) in [6, 6.07) is 9.26. The molecule has 5 nitrogen and oxygen atoms in total. The Morgan fingerprint density at radius 2 is 1.96 bits per heavy atom. The fourth-order valence-corrected chi connectivity index (χ4v) is 3.86. The summed E-state index contributed by atoms with van der Waals surface area (Å²) in [6.45, 7) is 2.92. The van der Waals surface area contributed by atoms with E-state index in [1.165, 1.54) is 0 Å². The Morgan fingerprint density at radius 3 is 2.71 bits per heavy atom. The summed E-state index contributed by atoms with van der Waals surface area (Å²) in [5, 5.41) is 4.17. The summed E-state index contributed by atoms with van der Waals surface area (Å²) in [5.41, 5.74) is 1.36. The predicted octanol–water partition coefficient (Wildman–Crippen LogP) is 3.31. The van der Waals surface area contributed by atoms with E-state index < -0.39 is 0 Å². The number of halogens is 1. The van der Waals surface area contributed by atoms with Gasteiger partial charge in [0.1, 0.15) is 5.15 Å². The summed E-state index contributed by atoms with van der Waals surface area (Å²) in [4.78, 5) is 25.7. The van der Waals surface area contributed by atoms with Crippen molar-refractivity contribution in [3.8, 4) is 0 Å². The molecule has 122 valence electrons. The quantitative estimate of drug-likeness (QED) is 0.659. The van der Waals surface area contributed by atoms with Crippen LogP contribution in [0.15, 0.2) is 41.9 Å². The molecule has 0 bridgehead atoms. The van der Waals surface area contributed by atoms with Crippen LogP contribution >= 0.6 is 22.9 Å². The molecule has 1 amide bonds. The second-order valence-electron chi connectivity index (χ2n) is 5.60. The maximum atomic E-state index is 13.0. The Balaban J connectivity index is 1.57. The van der Waals surface area contributed by atoms with E-state index in [1.807, 2.05) is 40.7 Å². The number of carbonyl (C=O) groups is 1. The third-order valence-electron chi connectivity index (χ3n) is 4.17. The molecule has 0 unspecified atom stereocenters. The molecule has 1 aromatic carbocycles. The lowest BCUT2D eigenvalue weighted by Gasteiger charge is -2.34. The molecule has 0 spiro atoms. The molecule has 1 saturated heterocycles. The van der Waals surface area contributed by atoms with Gasteiger partial charge in [0.05, 0.1) is 11.1 Å². The van der Waals surface area contributed by atoms with Gasteiger partial charge in [-0.2, -0.15) is 0 Å². The summed E-state index contributed by atoms with van der Waals surface area (Å²) in [7, 11) is 0. The minimum atomic E-state index is 0.00860. The monoisotopic (exact) mass is 358 g/mol. The molecular formula is C17H15ClN4OS. The van der Waals surface area contributed by atoms with Gasteiger partial charge in [0, 0.05) is 43.1 Å². The van der Waals surface area contributed by atoms with E-state index in [-0.39, 0.29) is 5.91 Å². The molecule has 1 aliphatic heterocycles. The topological polar surface area (TPSA) is 49.3 Å². The van der Waals surface area contributed by atoms with Crippen molar-refractivity contribution >= 4 is 44.9 Å². The first-order valence-electron chi connectivity index (χ1n) is 7.71. The van der Waals surface area contributed by atoms with Gasteiger partial charge in [-0.1, -0.05) is 29.8 Å². The number of para-hydroxylation sites is 1. The van der Waals surface area contributed by atoms with Crippen LogP contribution in [0.1, 0.15) is 10.4 Å². The van der Waals surface area contributed by atoms with E-state index in [0.29, 0.717) is 23.8 Å². The highest BCUT2D eigenvalue weighted by molar-refractivity contribution is 7.13. The molecule has 2 aromatic heterocycles. The number of anilines is 1. The van der Waals surface area contributed by atoms with Crippen LogP contribution < -0.4 is 4.90 Å². The van der Waals surface area contributed by atoms with Gasteiger partial charge in [-0.15, -0.1) is 11.3 Å². The van der Waals surface area contributed by atoms with Gasteiger partial charge >= 0.3 is 0 Å². The summed E-state index contributed by atoms with van der Waals surface area (Å²) >= 11 is 7.73. The number of carbonyl (C=O) groups excluding carboxylic acids is 1. The Labute approximate surface area is 148 Å². The summed E-state index contributed by atoms with van der Waals surface area (Å²) in [6.07, 6.45) is 1.81. The van der Waals surface area contributed by atoms with Crippen LogP contribution in [0.3, 0.4) is 0 Å². The fraction of sp³-hybridized carbons (Fsp3) is 0.235. The van der Waals surface area contributed by atoms with Crippen molar-refractivity contribution in [3.05, 3.63) is 52.6 Å². The highest BCUT2D eigenvalue weighted by Crippen LogP contribution is 2.24. The van der Waals surface area contributed by atoms with Crippen LogP contribution in [0.4, 0.5) is 5.13 Å². The van der Waals surface area contributed by atoms with Crippen LogP contribution in [-0.2, 0) is 0 Å². The number of piperazine rings is 1. The first-order valence-corrected chi connectivity index (χ1v) is 8.97. The second kappa shape index (κ2) is 6.37. The third kappa shape index (κ3) is 2.83. The molecule has 4 rings (SSSR count). The number of amides is 1. The first kappa shape index (κ1) is 15.4. The van der Waals surface area contributed by atoms with Crippen molar-refractivity contribution in [2.45, 2.75) is 0 Å². The van der Waals surface area contributed by atoms with Crippen LogP contribution in [0.25, 0.3) is 10.9 Å². The number of rotatable bonds is 2. The van der Waals surface area contributed by atoms with E-state index in [9.17, 15) is 4.79 Å². The second-order valence-corrected chi connectivity index (χ2v) is 6.86. The normalized spacial score (nSPS) is 15.0. The SMILES string of the molecule is O=C(c1cc(Cl)nc2ccccc12)N1CCN(c2nccs2)CC1. The summed E-state index contributed by atoms with van der Waals surface area (Å²) in [5.74, 6) is 0.00860. The molecule has 0 saturated carbocycles. The maximum Gasteiger partial charge on any atom is 0.254 e. The molecule has 3 aromatic rings. The molecule has 7 heteroatoms. The van der Waals surface area contributed by atoms with E-state index in [2.05, 4.69) is 14.9 Å². The minimum absolute atomic E-state index is 0.00860. The Bertz CT molecular complexity index is 875. The number of aromatic nitrogens is 2. The molecule has 0 aliphatic carbocycles. The Kier molecular flexibility index (Phi) is 4.08. The summed E-state index contributed by atoms with van der Waals surface area (Å²) < 4.78 is 0. The molecule has 0 radical (unpaired) electrons. The predicted molar refractivity (Wildman–Crippen MR) is 97.0 cm³/mol. The van der Waals surface area contributed by atoms with Crippen molar-refractivity contribution < 1.29 is 4.79 Å². The number of pyridine rings is 1. The van der Waals surface area contributed by atoms with Crippen molar-refractivity contribution in [2.24, 2.45) is 0 Å². The molecule has 1 aliphatic rings. The van der Waals surface area contributed by atoms with Crippen LogP contribution in [0.5, 0.6) is 0 Å². The van der Waals surface area contributed by atoms with Gasteiger partial charge in [0.2, 0.25) is 0 Å². The zero-order chi connectivity index (χ0) is 16.5. The first-order chi connectivity index (χ1) is 11.7. The van der Waals surface area contributed by atoms with Crippen molar-refractivity contribution in [2.75, 3.05) is 31.1 Å². The van der Waals surface area contributed by atoms with Gasteiger partial charge < -0.3 is 9.80 Å². The molecule has 0 N–H and O–H groups in total. The van der Waals surface area contributed by atoms with Crippen LogP contribution in [-0.4, -0.2) is 47.0 Å². The van der Waals surface area contributed by atoms with E-state index in [4.69, 9.17) is 11.6 Å². The Hall–Kier alpha value is -2.18. The maximum absolute atomic E-state index is 13.0. The highest BCUT2D eigenvalue weighted by atomic mass is 35.5. The molecule has 24 heavy (non-hydrogen) atoms. The minimum Gasteiger partial charge on any atom is -0.345 e. The standard InChI is InChI=1S/C17H15ClN4OS/c18-15-11-13(12-3-1-2-4-14(12)20-15)16(23)21-6-8-22(9-7-21)17-19-5-10-24-17/h1-5,10-11H,6-9H2. The third-order valence-corrected chi connectivity index (χ3v) is 5.20. The van der Waals surface area contributed by atoms with E-state index in [0.717, 1.165) is 29.1 Å². The van der Waals surface area contributed by atoms with Crippen molar-refractivity contribution in [1.82, 2.24) is 14.9 Å². The number of hydrogen-bond donors (Lipinski definition) is 0. The number of thiazole rings is 1. The lowest BCUT2D eigenvalue weighted by Crippen LogP contribution is -2.48. The van der Waals surface area contributed by atoms with Gasteiger partial charge in [-0.25, -0.2) is 9.97 Å². The number of fused-ring (bicyclic) bond motifs is 1. The highest BCUT2D eigenvalue weighted by Gasteiger charge is 2.24. The zero-order valence-electron chi connectivity index (χ0n) is 12.9. The lowest BCUT2D eigenvalue weighted by molar-refractivity contribution is 0.0748. The molecule has 0 atom stereocenters. The Morgan fingerprint density at radius 1 is 1.17 bits per heavy atom. The van der Waals surface area contributed by atoms with E-state index >= 15 is 0 Å². The van der Waals surface area contributed by atoms with Crippen LogP contribution in [0.2, 0.25) is 5.15 Å². The van der Waals surface area contributed by atoms with Gasteiger partial charge in [0.15, 0.2) is 5.13 Å². The lowest BCUT2D eigenvalue weighted by atomic mass is 10.1. The molecule has 1 fully saturated rings. The number of nitrogens with zero attached hydrogens (tertiary/aromatic N) is 4. The van der Waals surface area contributed by atoms with Crippen molar-refractivity contribution in [3.63, 3.8) is 0 Å². The van der Waals surface area contributed by atoms with Gasteiger partial charge in [-0.3, -0.25) is 4.79 Å². The average molecular weight is 359 g/mol. The smallest absolute Gasteiger partial charge is 0.254 e. The fourth-order valence-electron chi connectivity index (χ4n) is 2.96. The average Bonchev–Trinajstić information content (AvgIpc) is 3.15. The van der Waals surface area contributed by atoms with Crippen molar-refractivity contribution in [1.29, 1.82) is 0 Å². The molecular weight excluding hydrogens is 344 g/mol. The van der Waals surface area contributed by atoms with Gasteiger partial charge in [0.25, 0.3) is 5.91 Å². The van der Waals surface area contributed by atoms with E-state index in [1.54, 1.807) is 17.4 Å². The van der Waals surface area contributed by atoms with Crippen LogP contribution in [0, 0.1) is 0 Å². The number of hydrogen-bond acceptors (Lipinski definition) is 5.